The van der Waals surface area contributed by atoms with Gasteiger partial charge < -0.3 is 4.74 Å². The standard InChI is InChI=1S/C11H23NO2/c1-6-10(7-2)12(5)8-11(13)14-9(3)4/h9-10H,6-8H2,1-5H3. The summed E-state index contributed by atoms with van der Waals surface area (Å²) in [5, 5.41) is 0. The maximum atomic E-state index is 11.3. The minimum Gasteiger partial charge on any atom is -0.462 e. The molecule has 0 aliphatic carbocycles. The maximum absolute atomic E-state index is 11.3. The summed E-state index contributed by atoms with van der Waals surface area (Å²) in [5.74, 6) is -0.130. The largest absolute Gasteiger partial charge is 0.462 e. The maximum Gasteiger partial charge on any atom is 0.320 e. The van der Waals surface area contributed by atoms with Crippen molar-refractivity contribution in [1.82, 2.24) is 4.90 Å². The number of hydrogen-bond donors (Lipinski definition) is 0. The van der Waals surface area contributed by atoms with Gasteiger partial charge in [0, 0.05) is 6.04 Å². The quantitative estimate of drug-likeness (QED) is 0.616. The lowest BCUT2D eigenvalue weighted by atomic mass is 10.1. The number of ether oxygens (including phenoxy) is 1. The Labute approximate surface area is 87.4 Å². The zero-order chi connectivity index (χ0) is 11.1. The fourth-order valence-corrected chi connectivity index (χ4v) is 1.54. The first-order valence-corrected chi connectivity index (χ1v) is 5.40. The van der Waals surface area contributed by atoms with Crippen LogP contribution in [0.4, 0.5) is 0 Å². The number of carbonyl (C=O) groups is 1. The lowest BCUT2D eigenvalue weighted by Gasteiger charge is -2.25. The highest BCUT2D eigenvalue weighted by Gasteiger charge is 2.15. The summed E-state index contributed by atoms with van der Waals surface area (Å²) in [7, 11) is 1.97. The molecule has 0 N–H and O–H groups in total. The van der Waals surface area contributed by atoms with Crippen LogP contribution in [0, 0.1) is 0 Å². The number of hydrogen-bond acceptors (Lipinski definition) is 3. The molecule has 0 spiro atoms. The Bertz CT molecular complexity index is 165. The molecule has 0 bridgehead atoms. The second-order valence-electron chi connectivity index (χ2n) is 3.92. The third-order valence-electron chi connectivity index (χ3n) is 2.31. The van der Waals surface area contributed by atoms with Crippen LogP contribution in [0.2, 0.25) is 0 Å². The Balaban J connectivity index is 3.91. The van der Waals surface area contributed by atoms with Crippen molar-refractivity contribution in [2.45, 2.75) is 52.7 Å². The summed E-state index contributed by atoms with van der Waals surface area (Å²) < 4.78 is 5.08. The molecule has 0 heterocycles. The van der Waals surface area contributed by atoms with Crippen molar-refractivity contribution >= 4 is 5.97 Å². The first-order valence-electron chi connectivity index (χ1n) is 5.40. The highest BCUT2D eigenvalue weighted by Crippen LogP contribution is 2.05. The summed E-state index contributed by atoms with van der Waals surface area (Å²) in [4.78, 5) is 13.4. The van der Waals surface area contributed by atoms with Crippen LogP contribution in [0.3, 0.4) is 0 Å². The van der Waals surface area contributed by atoms with Crippen molar-refractivity contribution in [3.8, 4) is 0 Å². The van der Waals surface area contributed by atoms with Crippen molar-refractivity contribution in [2.75, 3.05) is 13.6 Å². The van der Waals surface area contributed by atoms with Crippen molar-refractivity contribution in [1.29, 1.82) is 0 Å². The van der Waals surface area contributed by atoms with Gasteiger partial charge >= 0.3 is 5.97 Å². The monoisotopic (exact) mass is 201 g/mol. The van der Waals surface area contributed by atoms with Gasteiger partial charge in [-0.1, -0.05) is 13.8 Å². The van der Waals surface area contributed by atoms with Crippen LogP contribution in [0.25, 0.3) is 0 Å². The number of esters is 1. The average Bonchev–Trinajstić information content (AvgIpc) is 2.04. The lowest BCUT2D eigenvalue weighted by molar-refractivity contribution is -0.148. The smallest absolute Gasteiger partial charge is 0.320 e. The first-order chi connectivity index (χ1) is 6.51. The van der Waals surface area contributed by atoms with E-state index in [-0.39, 0.29) is 12.1 Å². The van der Waals surface area contributed by atoms with E-state index in [0.29, 0.717) is 12.6 Å². The van der Waals surface area contributed by atoms with Gasteiger partial charge in [0.2, 0.25) is 0 Å². The van der Waals surface area contributed by atoms with Gasteiger partial charge in [-0.25, -0.2) is 0 Å². The fraction of sp³-hybridized carbons (Fsp3) is 0.909. The Kier molecular flexibility index (Phi) is 6.54. The molecular formula is C11H23NO2. The molecule has 0 fully saturated rings. The van der Waals surface area contributed by atoms with Gasteiger partial charge in [-0.05, 0) is 33.7 Å². The molecule has 0 aromatic rings. The van der Waals surface area contributed by atoms with Crippen molar-refractivity contribution < 1.29 is 9.53 Å². The molecule has 0 rings (SSSR count). The van der Waals surface area contributed by atoms with Crippen LogP contribution < -0.4 is 0 Å². The van der Waals surface area contributed by atoms with E-state index in [9.17, 15) is 4.79 Å². The minimum absolute atomic E-state index is 0.0161. The zero-order valence-corrected chi connectivity index (χ0v) is 10.0. The third-order valence-corrected chi connectivity index (χ3v) is 2.31. The molecular weight excluding hydrogens is 178 g/mol. The van der Waals surface area contributed by atoms with Crippen LogP contribution in [0.15, 0.2) is 0 Å². The molecule has 0 saturated heterocycles. The normalized spacial score (nSPS) is 11.4. The van der Waals surface area contributed by atoms with E-state index in [1.807, 2.05) is 20.9 Å². The van der Waals surface area contributed by atoms with Crippen LogP contribution in [0.1, 0.15) is 40.5 Å². The molecule has 3 heteroatoms. The summed E-state index contributed by atoms with van der Waals surface area (Å²) in [5.41, 5.74) is 0. The zero-order valence-electron chi connectivity index (χ0n) is 10.0. The number of likely N-dealkylation sites (N-methyl/N-ethyl adjacent to an activating group) is 1. The highest BCUT2D eigenvalue weighted by atomic mass is 16.5. The molecule has 14 heavy (non-hydrogen) atoms. The van der Waals surface area contributed by atoms with Gasteiger partial charge in [0.1, 0.15) is 0 Å². The van der Waals surface area contributed by atoms with E-state index in [4.69, 9.17) is 4.74 Å². The Hall–Kier alpha value is -0.570. The molecule has 0 aromatic heterocycles. The van der Waals surface area contributed by atoms with Gasteiger partial charge in [-0.3, -0.25) is 9.69 Å². The van der Waals surface area contributed by atoms with E-state index in [0.717, 1.165) is 12.8 Å². The van der Waals surface area contributed by atoms with Crippen LogP contribution in [0.5, 0.6) is 0 Å². The topological polar surface area (TPSA) is 29.5 Å². The first kappa shape index (κ1) is 13.4. The minimum atomic E-state index is -0.130. The van der Waals surface area contributed by atoms with Crippen LogP contribution >= 0.6 is 0 Å². The molecule has 84 valence electrons. The van der Waals surface area contributed by atoms with E-state index < -0.39 is 0 Å². The summed E-state index contributed by atoms with van der Waals surface area (Å²) in [6.07, 6.45) is 2.13. The molecule has 0 unspecified atom stereocenters. The fourth-order valence-electron chi connectivity index (χ4n) is 1.54. The van der Waals surface area contributed by atoms with Crippen molar-refractivity contribution in [2.24, 2.45) is 0 Å². The van der Waals surface area contributed by atoms with Gasteiger partial charge in [0.25, 0.3) is 0 Å². The second kappa shape index (κ2) is 6.82. The van der Waals surface area contributed by atoms with Gasteiger partial charge in [-0.15, -0.1) is 0 Å². The van der Waals surface area contributed by atoms with E-state index in [1.165, 1.54) is 0 Å². The summed E-state index contributed by atoms with van der Waals surface area (Å²) in [6.45, 7) is 8.41. The average molecular weight is 201 g/mol. The molecule has 0 saturated carbocycles. The van der Waals surface area contributed by atoms with Crippen molar-refractivity contribution in [3.63, 3.8) is 0 Å². The molecule has 0 aromatic carbocycles. The van der Waals surface area contributed by atoms with E-state index >= 15 is 0 Å². The Morgan fingerprint density at radius 1 is 1.29 bits per heavy atom. The predicted molar refractivity (Wildman–Crippen MR) is 58.2 cm³/mol. The Morgan fingerprint density at radius 3 is 2.14 bits per heavy atom. The molecule has 0 atom stereocenters. The second-order valence-corrected chi connectivity index (χ2v) is 3.92. The molecule has 0 aliphatic heterocycles. The summed E-state index contributed by atoms with van der Waals surface area (Å²) >= 11 is 0. The molecule has 0 radical (unpaired) electrons. The number of carbonyl (C=O) groups excluding carboxylic acids is 1. The SMILES string of the molecule is CCC(CC)N(C)CC(=O)OC(C)C. The summed E-state index contributed by atoms with van der Waals surface area (Å²) in [6, 6.07) is 0.481. The molecule has 0 amide bonds. The Morgan fingerprint density at radius 2 is 1.79 bits per heavy atom. The van der Waals surface area contributed by atoms with Gasteiger partial charge in [0.15, 0.2) is 0 Å². The molecule has 0 aliphatic rings. The number of rotatable bonds is 6. The van der Waals surface area contributed by atoms with E-state index in [2.05, 4.69) is 18.7 Å². The predicted octanol–water partition coefficient (Wildman–Crippen LogP) is 2.06. The van der Waals surface area contributed by atoms with Crippen molar-refractivity contribution in [3.05, 3.63) is 0 Å². The van der Waals surface area contributed by atoms with Crippen LogP contribution in [-0.4, -0.2) is 36.6 Å². The lowest BCUT2D eigenvalue weighted by Crippen LogP contribution is -2.36. The van der Waals surface area contributed by atoms with Gasteiger partial charge in [-0.2, -0.15) is 0 Å². The van der Waals surface area contributed by atoms with Crippen LogP contribution in [-0.2, 0) is 9.53 Å². The van der Waals surface area contributed by atoms with E-state index in [1.54, 1.807) is 0 Å². The number of nitrogens with zero attached hydrogens (tertiary/aromatic N) is 1. The molecule has 3 nitrogen and oxygen atoms in total. The highest BCUT2D eigenvalue weighted by molar-refractivity contribution is 5.71. The third kappa shape index (κ3) is 5.22. The van der Waals surface area contributed by atoms with Gasteiger partial charge in [0.05, 0.1) is 12.6 Å².